The maximum atomic E-state index is 12.8. The summed E-state index contributed by atoms with van der Waals surface area (Å²) in [6.45, 7) is 6.70. The fraction of sp³-hybridized carbons (Fsp3) is 0.421. The van der Waals surface area contributed by atoms with E-state index in [4.69, 9.17) is 0 Å². The van der Waals surface area contributed by atoms with Crippen LogP contribution < -0.4 is 16.1 Å². The molecule has 1 saturated heterocycles. The van der Waals surface area contributed by atoms with Gasteiger partial charge in [-0.15, -0.1) is 0 Å². The third-order valence-electron chi connectivity index (χ3n) is 5.16. The molecule has 0 unspecified atom stereocenters. The zero-order valence-corrected chi connectivity index (χ0v) is 15.7. The van der Waals surface area contributed by atoms with Crippen LogP contribution in [0.4, 0.5) is 5.69 Å². The lowest BCUT2D eigenvalue weighted by Gasteiger charge is -2.37. The smallest absolute Gasteiger partial charge is 0.330 e. The lowest BCUT2D eigenvalue weighted by molar-refractivity contribution is 0.0743. The number of hydrogen-bond acceptors (Lipinski definition) is 4. The molecule has 1 aliphatic heterocycles. The predicted molar refractivity (Wildman–Crippen MR) is 101 cm³/mol. The van der Waals surface area contributed by atoms with E-state index in [1.54, 1.807) is 4.90 Å². The van der Waals surface area contributed by atoms with Crippen LogP contribution in [0.1, 0.15) is 21.5 Å². The molecule has 7 nitrogen and oxygen atoms in total. The van der Waals surface area contributed by atoms with Crippen molar-refractivity contribution in [3.8, 4) is 0 Å². The van der Waals surface area contributed by atoms with Crippen LogP contribution in [0, 0.1) is 13.8 Å². The van der Waals surface area contributed by atoms with Crippen LogP contribution in [-0.4, -0.2) is 46.1 Å². The van der Waals surface area contributed by atoms with Gasteiger partial charge in [-0.3, -0.25) is 14.2 Å². The molecule has 1 amide bonds. The van der Waals surface area contributed by atoms with Gasteiger partial charge in [-0.25, -0.2) is 4.79 Å². The van der Waals surface area contributed by atoms with Crippen LogP contribution in [0.3, 0.4) is 0 Å². The lowest BCUT2D eigenvalue weighted by Crippen LogP contribution is -2.51. The number of amides is 1. The Morgan fingerprint density at radius 3 is 2.31 bits per heavy atom. The second-order valence-electron chi connectivity index (χ2n) is 6.80. The second-order valence-corrected chi connectivity index (χ2v) is 6.80. The minimum Gasteiger partial charge on any atom is -0.368 e. The van der Waals surface area contributed by atoms with Crippen LogP contribution in [0.25, 0.3) is 0 Å². The molecular formula is C19H24N4O3. The average molecular weight is 356 g/mol. The van der Waals surface area contributed by atoms with Crippen LogP contribution in [0.5, 0.6) is 0 Å². The Hall–Kier alpha value is -2.83. The van der Waals surface area contributed by atoms with Gasteiger partial charge >= 0.3 is 5.69 Å². The first-order valence-electron chi connectivity index (χ1n) is 8.68. The van der Waals surface area contributed by atoms with Crippen molar-refractivity contribution in [3.05, 3.63) is 61.9 Å². The van der Waals surface area contributed by atoms with E-state index < -0.39 is 11.2 Å². The molecule has 1 fully saturated rings. The molecule has 0 bridgehead atoms. The highest BCUT2D eigenvalue weighted by Crippen LogP contribution is 2.24. The van der Waals surface area contributed by atoms with Gasteiger partial charge in [0.25, 0.3) is 11.5 Å². The minimum atomic E-state index is -0.546. The first-order valence-corrected chi connectivity index (χ1v) is 8.68. The zero-order chi connectivity index (χ0) is 19.0. The van der Waals surface area contributed by atoms with Gasteiger partial charge < -0.3 is 14.4 Å². The van der Waals surface area contributed by atoms with Gasteiger partial charge in [0.1, 0.15) is 5.56 Å². The molecule has 0 aliphatic carbocycles. The summed E-state index contributed by atoms with van der Waals surface area (Å²) >= 11 is 0. The van der Waals surface area contributed by atoms with Crippen molar-refractivity contribution in [3.63, 3.8) is 0 Å². The number of carbonyl (C=O) groups is 1. The molecule has 0 atom stereocenters. The second kappa shape index (κ2) is 6.82. The van der Waals surface area contributed by atoms with Crippen LogP contribution >= 0.6 is 0 Å². The predicted octanol–water partition coefficient (Wildman–Crippen LogP) is 0.663. The normalized spacial score (nSPS) is 14.6. The Kier molecular flexibility index (Phi) is 4.71. The molecule has 138 valence electrons. The van der Waals surface area contributed by atoms with E-state index in [2.05, 4.69) is 30.9 Å². The van der Waals surface area contributed by atoms with Gasteiger partial charge in [0.2, 0.25) is 0 Å². The van der Waals surface area contributed by atoms with Gasteiger partial charge in [-0.05, 0) is 31.0 Å². The summed E-state index contributed by atoms with van der Waals surface area (Å²) in [7, 11) is 2.93. The topological polar surface area (TPSA) is 67.5 Å². The van der Waals surface area contributed by atoms with E-state index in [-0.39, 0.29) is 11.5 Å². The Bertz CT molecular complexity index is 966. The van der Waals surface area contributed by atoms with Crippen molar-refractivity contribution in [1.29, 1.82) is 0 Å². The minimum absolute atomic E-state index is 0.0368. The largest absolute Gasteiger partial charge is 0.368 e. The highest BCUT2D eigenvalue weighted by molar-refractivity contribution is 5.93. The number of aromatic nitrogens is 2. The van der Waals surface area contributed by atoms with Crippen molar-refractivity contribution in [1.82, 2.24) is 14.0 Å². The van der Waals surface area contributed by atoms with Crippen molar-refractivity contribution in [2.45, 2.75) is 13.8 Å². The van der Waals surface area contributed by atoms with Crippen molar-refractivity contribution >= 4 is 11.6 Å². The fourth-order valence-corrected chi connectivity index (χ4v) is 3.35. The summed E-state index contributed by atoms with van der Waals surface area (Å²) in [6, 6.07) is 6.24. The number of rotatable bonds is 2. The maximum absolute atomic E-state index is 12.8. The SMILES string of the molecule is Cc1cccc(N2CCN(C(=O)c3cn(C)c(=O)n(C)c3=O)CC2)c1C. The van der Waals surface area contributed by atoms with E-state index in [1.807, 2.05) is 6.07 Å². The Labute approximate surface area is 152 Å². The molecule has 0 N–H and O–H groups in total. The third kappa shape index (κ3) is 3.05. The number of carbonyl (C=O) groups excluding carboxylic acids is 1. The van der Waals surface area contributed by atoms with Crippen LogP contribution in [0.15, 0.2) is 34.0 Å². The third-order valence-corrected chi connectivity index (χ3v) is 5.16. The van der Waals surface area contributed by atoms with Gasteiger partial charge in [0.05, 0.1) is 0 Å². The number of aryl methyl sites for hydroxylation is 2. The summed E-state index contributed by atoms with van der Waals surface area (Å²) in [5, 5.41) is 0. The quantitative estimate of drug-likeness (QED) is 0.793. The van der Waals surface area contributed by atoms with Gasteiger partial charge in [0, 0.05) is 52.2 Å². The number of piperazine rings is 1. The maximum Gasteiger partial charge on any atom is 0.330 e. The van der Waals surface area contributed by atoms with Crippen molar-refractivity contribution < 1.29 is 4.79 Å². The fourth-order valence-electron chi connectivity index (χ4n) is 3.35. The highest BCUT2D eigenvalue weighted by Gasteiger charge is 2.25. The molecule has 0 spiro atoms. The van der Waals surface area contributed by atoms with Crippen LogP contribution in [0.2, 0.25) is 0 Å². The number of anilines is 1. The number of hydrogen-bond donors (Lipinski definition) is 0. The first-order chi connectivity index (χ1) is 12.3. The zero-order valence-electron chi connectivity index (χ0n) is 15.7. The van der Waals surface area contributed by atoms with Crippen LogP contribution in [-0.2, 0) is 14.1 Å². The summed E-state index contributed by atoms with van der Waals surface area (Å²) in [4.78, 5) is 40.8. The van der Waals surface area contributed by atoms with Crippen molar-refractivity contribution in [2.24, 2.45) is 14.1 Å². The first kappa shape index (κ1) is 18.0. The van der Waals surface area contributed by atoms with E-state index in [9.17, 15) is 14.4 Å². The van der Waals surface area contributed by atoms with E-state index in [1.165, 1.54) is 41.7 Å². The molecule has 1 aromatic heterocycles. The molecule has 26 heavy (non-hydrogen) atoms. The Balaban J connectivity index is 1.78. The summed E-state index contributed by atoms with van der Waals surface area (Å²) in [5.74, 6) is -0.318. The summed E-state index contributed by atoms with van der Waals surface area (Å²) < 4.78 is 2.24. The van der Waals surface area contributed by atoms with E-state index in [0.29, 0.717) is 26.2 Å². The Morgan fingerprint density at radius 1 is 1.00 bits per heavy atom. The molecule has 1 aromatic carbocycles. The number of nitrogens with zero attached hydrogens (tertiary/aromatic N) is 4. The lowest BCUT2D eigenvalue weighted by atomic mass is 10.1. The standard InChI is InChI=1S/C19H24N4O3/c1-13-6-5-7-16(14(13)2)22-8-10-23(11-9-22)18(25)15-12-20(3)19(26)21(4)17(15)24/h5-7,12H,8-11H2,1-4H3. The van der Waals surface area contributed by atoms with Gasteiger partial charge in [0.15, 0.2) is 0 Å². The molecule has 2 aromatic rings. The summed E-state index contributed by atoms with van der Waals surface area (Å²) in [5.41, 5.74) is 2.74. The van der Waals surface area contributed by atoms with Crippen molar-refractivity contribution in [2.75, 3.05) is 31.1 Å². The monoisotopic (exact) mass is 356 g/mol. The molecule has 1 aliphatic rings. The number of benzene rings is 1. The van der Waals surface area contributed by atoms with E-state index in [0.717, 1.165) is 4.57 Å². The molecule has 2 heterocycles. The van der Waals surface area contributed by atoms with E-state index >= 15 is 0 Å². The molecule has 0 radical (unpaired) electrons. The van der Waals surface area contributed by atoms with Gasteiger partial charge in [-0.2, -0.15) is 0 Å². The molecule has 3 rings (SSSR count). The molecule has 0 saturated carbocycles. The van der Waals surface area contributed by atoms with Gasteiger partial charge in [-0.1, -0.05) is 12.1 Å². The molecule has 7 heteroatoms. The average Bonchev–Trinajstić information content (AvgIpc) is 2.65. The summed E-state index contributed by atoms with van der Waals surface area (Å²) in [6.07, 6.45) is 1.34. The highest BCUT2D eigenvalue weighted by atomic mass is 16.2. The Morgan fingerprint density at radius 2 is 1.65 bits per heavy atom. The molecular weight excluding hydrogens is 332 g/mol.